The number of rotatable bonds is 3. The second-order valence-electron chi connectivity index (χ2n) is 4.59. The molecule has 1 N–H and O–H groups in total. The van der Waals surface area contributed by atoms with Crippen molar-refractivity contribution < 1.29 is 8.42 Å². The number of nitrogens with zero attached hydrogens (tertiary/aromatic N) is 1. The first-order valence-corrected chi connectivity index (χ1v) is 8.95. The zero-order chi connectivity index (χ0) is 14.9. The maximum absolute atomic E-state index is 12.4. The molecule has 1 aliphatic rings. The predicted octanol–water partition coefficient (Wildman–Crippen LogP) is 3.73. The average molecular weight is 398 g/mol. The summed E-state index contributed by atoms with van der Waals surface area (Å²) in [6.45, 7) is 0. The van der Waals surface area contributed by atoms with Crippen LogP contribution in [-0.4, -0.2) is 14.5 Å². The van der Waals surface area contributed by atoms with Gasteiger partial charge in [-0.3, -0.25) is 0 Å². The first-order valence-electron chi connectivity index (χ1n) is 5.91. The molecule has 0 aromatic heterocycles. The zero-order valence-electron chi connectivity index (χ0n) is 10.2. The van der Waals surface area contributed by atoms with Gasteiger partial charge in [0.2, 0.25) is 10.0 Å². The number of sulfonamides is 1. The Morgan fingerprint density at radius 1 is 1.30 bits per heavy atom. The molecule has 1 aromatic rings. The van der Waals surface area contributed by atoms with E-state index in [0.29, 0.717) is 17.3 Å². The summed E-state index contributed by atoms with van der Waals surface area (Å²) in [5.74, 6) is -0.308. The molecule has 0 bridgehead atoms. The summed E-state index contributed by atoms with van der Waals surface area (Å²) in [5, 5.41) is 9.10. The first-order chi connectivity index (χ1) is 9.35. The molecule has 0 heterocycles. The Kier molecular flexibility index (Phi) is 4.98. The van der Waals surface area contributed by atoms with E-state index >= 15 is 0 Å². The van der Waals surface area contributed by atoms with Gasteiger partial charge in [-0.1, -0.05) is 45.6 Å². The number of hydrogen-bond acceptors (Lipinski definition) is 3. The van der Waals surface area contributed by atoms with Crippen molar-refractivity contribution in [2.45, 2.75) is 30.2 Å². The van der Waals surface area contributed by atoms with Crippen LogP contribution in [0.1, 0.15) is 19.3 Å². The number of halogens is 3. The fourth-order valence-corrected chi connectivity index (χ4v) is 5.55. The number of hydrogen-bond donors (Lipinski definition) is 1. The molecule has 20 heavy (non-hydrogen) atoms. The highest BCUT2D eigenvalue weighted by Gasteiger charge is 2.33. The van der Waals surface area contributed by atoms with Gasteiger partial charge in [0.05, 0.1) is 22.0 Å². The molecule has 1 fully saturated rings. The minimum Gasteiger partial charge on any atom is -0.207 e. The van der Waals surface area contributed by atoms with Crippen LogP contribution in [0, 0.1) is 17.2 Å². The average Bonchev–Trinajstić information content (AvgIpc) is 2.73. The normalized spacial score (nSPS) is 22.7. The van der Waals surface area contributed by atoms with Gasteiger partial charge in [-0.15, -0.1) is 0 Å². The fourth-order valence-electron chi connectivity index (χ4n) is 2.30. The standard InChI is InChI=1S/C12H11BrCl2N2O2S/c13-8-4-9(14)12(10(15)5-8)20(18,19)17-11-3-1-2-7(11)6-16/h4-5,7,11,17H,1-3H2. The largest absolute Gasteiger partial charge is 0.243 e. The van der Waals surface area contributed by atoms with Gasteiger partial charge in [-0.05, 0) is 25.0 Å². The molecule has 0 spiro atoms. The lowest BCUT2D eigenvalue weighted by Gasteiger charge is -2.17. The van der Waals surface area contributed by atoms with E-state index in [9.17, 15) is 8.42 Å². The Labute approximate surface area is 136 Å². The van der Waals surface area contributed by atoms with Crippen molar-refractivity contribution >= 4 is 49.2 Å². The van der Waals surface area contributed by atoms with Crippen molar-refractivity contribution in [1.82, 2.24) is 4.72 Å². The third-order valence-electron chi connectivity index (χ3n) is 3.22. The molecule has 0 radical (unpaired) electrons. The second kappa shape index (κ2) is 6.20. The highest BCUT2D eigenvalue weighted by molar-refractivity contribution is 9.10. The molecule has 2 atom stereocenters. The van der Waals surface area contributed by atoms with Crippen molar-refractivity contribution in [3.8, 4) is 6.07 Å². The molecule has 0 saturated heterocycles. The van der Waals surface area contributed by atoms with Crippen LogP contribution in [0.2, 0.25) is 10.0 Å². The Bertz CT molecular complexity index is 650. The predicted molar refractivity (Wildman–Crippen MR) is 81.2 cm³/mol. The van der Waals surface area contributed by atoms with E-state index in [4.69, 9.17) is 28.5 Å². The third kappa shape index (κ3) is 3.29. The lowest BCUT2D eigenvalue weighted by molar-refractivity contribution is 0.515. The monoisotopic (exact) mass is 396 g/mol. The minimum absolute atomic E-state index is 0.0448. The summed E-state index contributed by atoms with van der Waals surface area (Å²) in [6, 6.07) is 4.68. The summed E-state index contributed by atoms with van der Waals surface area (Å²) in [4.78, 5) is -0.146. The van der Waals surface area contributed by atoms with Crippen LogP contribution in [0.25, 0.3) is 0 Å². The van der Waals surface area contributed by atoms with Crippen molar-refractivity contribution in [2.24, 2.45) is 5.92 Å². The summed E-state index contributed by atoms with van der Waals surface area (Å²) in [5.41, 5.74) is 0. The highest BCUT2D eigenvalue weighted by atomic mass is 79.9. The van der Waals surface area contributed by atoms with Gasteiger partial charge >= 0.3 is 0 Å². The highest BCUT2D eigenvalue weighted by Crippen LogP contribution is 2.34. The van der Waals surface area contributed by atoms with Crippen molar-refractivity contribution in [1.29, 1.82) is 5.26 Å². The SMILES string of the molecule is N#CC1CCCC1NS(=O)(=O)c1c(Cl)cc(Br)cc1Cl. The fraction of sp³-hybridized carbons (Fsp3) is 0.417. The van der Waals surface area contributed by atoms with Crippen LogP contribution >= 0.6 is 39.1 Å². The second-order valence-corrected chi connectivity index (χ2v) is 7.97. The molecule has 2 rings (SSSR count). The molecular formula is C12H11BrCl2N2O2S. The van der Waals surface area contributed by atoms with Crippen LogP contribution in [-0.2, 0) is 10.0 Å². The maximum Gasteiger partial charge on any atom is 0.243 e. The molecule has 0 amide bonds. The molecule has 4 nitrogen and oxygen atoms in total. The molecule has 1 aliphatic carbocycles. The van der Waals surface area contributed by atoms with Crippen LogP contribution in [0.4, 0.5) is 0 Å². The van der Waals surface area contributed by atoms with Gasteiger partial charge in [-0.25, -0.2) is 13.1 Å². The molecule has 2 unspecified atom stereocenters. The van der Waals surface area contributed by atoms with Crippen molar-refractivity contribution in [3.05, 3.63) is 26.7 Å². The van der Waals surface area contributed by atoms with E-state index in [1.165, 1.54) is 12.1 Å². The Balaban J connectivity index is 2.35. The lowest BCUT2D eigenvalue weighted by Crippen LogP contribution is -2.37. The molecule has 1 saturated carbocycles. The van der Waals surface area contributed by atoms with E-state index in [-0.39, 0.29) is 26.9 Å². The van der Waals surface area contributed by atoms with Crippen LogP contribution in [0.5, 0.6) is 0 Å². The van der Waals surface area contributed by atoms with Crippen LogP contribution < -0.4 is 4.72 Å². The van der Waals surface area contributed by atoms with Gasteiger partial charge in [0.25, 0.3) is 0 Å². The first kappa shape index (κ1) is 16.1. The third-order valence-corrected chi connectivity index (χ3v) is 6.09. The van der Waals surface area contributed by atoms with Gasteiger partial charge < -0.3 is 0 Å². The van der Waals surface area contributed by atoms with Crippen molar-refractivity contribution in [3.63, 3.8) is 0 Å². The summed E-state index contributed by atoms with van der Waals surface area (Å²) >= 11 is 15.1. The Morgan fingerprint density at radius 3 is 2.45 bits per heavy atom. The molecular weight excluding hydrogens is 387 g/mol. The Morgan fingerprint density at radius 2 is 1.90 bits per heavy atom. The quantitative estimate of drug-likeness (QED) is 0.844. The smallest absolute Gasteiger partial charge is 0.207 e. The summed E-state index contributed by atoms with van der Waals surface area (Å²) in [6.07, 6.45) is 2.17. The van der Waals surface area contributed by atoms with Gasteiger partial charge in [-0.2, -0.15) is 5.26 Å². The van der Waals surface area contributed by atoms with Gasteiger partial charge in [0.15, 0.2) is 0 Å². The van der Waals surface area contributed by atoms with E-state index in [1.807, 2.05) is 0 Å². The molecule has 108 valence electrons. The molecule has 8 heteroatoms. The molecule has 0 aliphatic heterocycles. The van der Waals surface area contributed by atoms with E-state index in [2.05, 4.69) is 26.7 Å². The maximum atomic E-state index is 12.4. The van der Waals surface area contributed by atoms with Gasteiger partial charge in [0, 0.05) is 10.5 Å². The number of nitriles is 1. The number of benzene rings is 1. The van der Waals surface area contributed by atoms with Gasteiger partial charge in [0.1, 0.15) is 4.90 Å². The van der Waals surface area contributed by atoms with E-state index < -0.39 is 10.0 Å². The lowest BCUT2D eigenvalue weighted by atomic mass is 10.1. The van der Waals surface area contributed by atoms with Crippen LogP contribution in [0.3, 0.4) is 0 Å². The van der Waals surface area contributed by atoms with E-state index in [1.54, 1.807) is 0 Å². The Hall–Kier alpha value is -0.320. The number of nitrogens with one attached hydrogen (secondary N) is 1. The van der Waals surface area contributed by atoms with E-state index in [0.717, 1.165) is 6.42 Å². The minimum atomic E-state index is -3.85. The topological polar surface area (TPSA) is 70.0 Å². The summed E-state index contributed by atoms with van der Waals surface area (Å²) in [7, 11) is -3.85. The van der Waals surface area contributed by atoms with Crippen LogP contribution in [0.15, 0.2) is 21.5 Å². The summed E-state index contributed by atoms with van der Waals surface area (Å²) < 4.78 is 27.9. The zero-order valence-corrected chi connectivity index (χ0v) is 14.2. The molecule has 1 aromatic carbocycles. The van der Waals surface area contributed by atoms with Crippen molar-refractivity contribution in [2.75, 3.05) is 0 Å².